The number of aliphatic carboxylic acids is 1. The first-order valence-electron chi connectivity index (χ1n) is 5.74. The fraction of sp³-hybridized carbons (Fsp3) is 0.0625. The highest BCUT2D eigenvalue weighted by Crippen LogP contribution is 2.26. The summed E-state index contributed by atoms with van der Waals surface area (Å²) in [5, 5.41) is 8.67. The van der Waals surface area contributed by atoms with Gasteiger partial charge in [-0.3, -0.25) is 0 Å². The third kappa shape index (κ3) is 2.66. The molecule has 18 heavy (non-hydrogen) atoms. The second-order valence-electron chi connectivity index (χ2n) is 4.06. The maximum atomic E-state index is 10.6. The predicted octanol–water partition coefficient (Wildman–Crippen LogP) is 3.76. The lowest BCUT2D eigenvalue weighted by atomic mass is 9.96. The van der Waals surface area contributed by atoms with Crippen LogP contribution in [0, 0.1) is 6.92 Å². The van der Waals surface area contributed by atoms with Crippen LogP contribution in [0.15, 0.2) is 54.6 Å². The molecular formula is C16H14O2. The molecule has 0 saturated carbocycles. The van der Waals surface area contributed by atoms with Crippen molar-refractivity contribution >= 4 is 12.0 Å². The van der Waals surface area contributed by atoms with Crippen LogP contribution < -0.4 is 0 Å². The molecule has 0 aliphatic heterocycles. The van der Waals surface area contributed by atoms with Crippen LogP contribution >= 0.6 is 0 Å². The zero-order valence-electron chi connectivity index (χ0n) is 10.1. The van der Waals surface area contributed by atoms with Crippen molar-refractivity contribution in [3.05, 3.63) is 65.7 Å². The molecule has 0 fully saturated rings. The molecule has 0 heterocycles. The molecule has 0 radical (unpaired) electrons. The van der Waals surface area contributed by atoms with Crippen molar-refractivity contribution in [3.63, 3.8) is 0 Å². The van der Waals surface area contributed by atoms with Crippen LogP contribution in [0.3, 0.4) is 0 Å². The average molecular weight is 238 g/mol. The molecule has 0 atom stereocenters. The average Bonchev–Trinajstić information content (AvgIpc) is 2.38. The zero-order chi connectivity index (χ0) is 13.0. The van der Waals surface area contributed by atoms with E-state index >= 15 is 0 Å². The lowest BCUT2D eigenvalue weighted by Crippen LogP contribution is -1.89. The summed E-state index contributed by atoms with van der Waals surface area (Å²) in [6, 6.07) is 16.0. The summed E-state index contributed by atoms with van der Waals surface area (Å²) in [4.78, 5) is 10.6. The standard InChI is InChI=1S/C16H14O2/c1-12-13(10-11-16(17)18)8-5-9-15(12)14-6-3-2-4-7-14/h2-11H,1H3,(H,17,18)/b11-10+. The van der Waals surface area contributed by atoms with Crippen molar-refractivity contribution in [3.8, 4) is 11.1 Å². The monoisotopic (exact) mass is 238 g/mol. The Labute approximate surface area is 106 Å². The quantitative estimate of drug-likeness (QED) is 0.827. The van der Waals surface area contributed by atoms with Gasteiger partial charge in [-0.05, 0) is 35.3 Å². The smallest absolute Gasteiger partial charge is 0.328 e. The number of carboxylic acids is 1. The predicted molar refractivity (Wildman–Crippen MR) is 73.3 cm³/mol. The number of carbonyl (C=O) groups is 1. The highest BCUT2D eigenvalue weighted by Gasteiger charge is 2.03. The minimum Gasteiger partial charge on any atom is -0.478 e. The van der Waals surface area contributed by atoms with Crippen LogP contribution in [0.1, 0.15) is 11.1 Å². The Bertz CT molecular complexity index is 583. The third-order valence-corrected chi connectivity index (χ3v) is 2.87. The summed E-state index contributed by atoms with van der Waals surface area (Å²) in [6.07, 6.45) is 2.79. The topological polar surface area (TPSA) is 37.3 Å². The number of hydrogen-bond acceptors (Lipinski definition) is 1. The van der Waals surface area contributed by atoms with Gasteiger partial charge in [0, 0.05) is 6.08 Å². The molecule has 90 valence electrons. The summed E-state index contributed by atoms with van der Waals surface area (Å²) in [7, 11) is 0. The molecule has 0 aliphatic rings. The molecule has 0 saturated heterocycles. The second kappa shape index (κ2) is 5.32. The van der Waals surface area contributed by atoms with Gasteiger partial charge in [0.2, 0.25) is 0 Å². The summed E-state index contributed by atoms with van der Waals surface area (Å²) in [5.41, 5.74) is 4.28. The van der Waals surface area contributed by atoms with Gasteiger partial charge in [-0.25, -0.2) is 4.79 Å². The molecule has 0 unspecified atom stereocenters. The first kappa shape index (κ1) is 12.1. The number of benzene rings is 2. The normalized spacial score (nSPS) is 10.7. The molecule has 2 nitrogen and oxygen atoms in total. The van der Waals surface area contributed by atoms with Gasteiger partial charge >= 0.3 is 5.97 Å². The second-order valence-corrected chi connectivity index (χ2v) is 4.06. The van der Waals surface area contributed by atoms with Gasteiger partial charge in [0.15, 0.2) is 0 Å². The Balaban J connectivity index is 2.46. The van der Waals surface area contributed by atoms with Crippen molar-refractivity contribution in [2.75, 3.05) is 0 Å². The van der Waals surface area contributed by atoms with Gasteiger partial charge in [0.25, 0.3) is 0 Å². The Morgan fingerprint density at radius 3 is 2.44 bits per heavy atom. The van der Waals surface area contributed by atoms with Crippen molar-refractivity contribution < 1.29 is 9.90 Å². The van der Waals surface area contributed by atoms with Crippen LogP contribution in [0.25, 0.3) is 17.2 Å². The van der Waals surface area contributed by atoms with Crippen LogP contribution in [0.5, 0.6) is 0 Å². The number of hydrogen-bond donors (Lipinski definition) is 1. The fourth-order valence-electron chi connectivity index (χ4n) is 1.93. The van der Waals surface area contributed by atoms with E-state index in [4.69, 9.17) is 5.11 Å². The minimum absolute atomic E-state index is 0.929. The lowest BCUT2D eigenvalue weighted by Gasteiger charge is -2.08. The first-order valence-corrected chi connectivity index (χ1v) is 5.74. The van der Waals surface area contributed by atoms with Crippen molar-refractivity contribution in [2.24, 2.45) is 0 Å². The fourth-order valence-corrected chi connectivity index (χ4v) is 1.93. The van der Waals surface area contributed by atoms with E-state index in [1.807, 2.05) is 55.5 Å². The Hall–Kier alpha value is -2.35. The molecule has 2 aromatic rings. The Morgan fingerprint density at radius 2 is 1.78 bits per heavy atom. The Kier molecular flexibility index (Phi) is 3.58. The largest absolute Gasteiger partial charge is 0.478 e. The maximum absolute atomic E-state index is 10.6. The molecule has 2 aromatic carbocycles. The van der Waals surface area contributed by atoms with Gasteiger partial charge in [-0.1, -0.05) is 48.5 Å². The molecule has 1 N–H and O–H groups in total. The molecule has 0 aromatic heterocycles. The van der Waals surface area contributed by atoms with Crippen molar-refractivity contribution in [2.45, 2.75) is 6.92 Å². The van der Waals surface area contributed by atoms with Crippen LogP contribution in [-0.2, 0) is 4.79 Å². The van der Waals surface area contributed by atoms with Gasteiger partial charge in [-0.15, -0.1) is 0 Å². The molecule has 0 bridgehead atoms. The molecule has 2 rings (SSSR count). The van der Waals surface area contributed by atoms with Crippen molar-refractivity contribution in [1.82, 2.24) is 0 Å². The van der Waals surface area contributed by atoms with Crippen LogP contribution in [0.4, 0.5) is 0 Å². The summed E-state index contributed by atoms with van der Waals surface area (Å²) < 4.78 is 0. The van der Waals surface area contributed by atoms with E-state index in [-0.39, 0.29) is 0 Å². The van der Waals surface area contributed by atoms with E-state index in [2.05, 4.69) is 0 Å². The van der Waals surface area contributed by atoms with E-state index in [1.165, 1.54) is 0 Å². The first-order chi connectivity index (χ1) is 8.68. The Morgan fingerprint density at radius 1 is 1.06 bits per heavy atom. The molecule has 0 amide bonds. The number of rotatable bonds is 3. The number of carboxylic acid groups (broad SMARTS) is 1. The molecule has 0 spiro atoms. The highest BCUT2D eigenvalue weighted by molar-refractivity contribution is 5.86. The molecule has 2 heteroatoms. The van der Waals surface area contributed by atoms with E-state index in [1.54, 1.807) is 6.08 Å². The van der Waals surface area contributed by atoms with Gasteiger partial charge in [0.05, 0.1) is 0 Å². The zero-order valence-corrected chi connectivity index (χ0v) is 10.1. The highest BCUT2D eigenvalue weighted by atomic mass is 16.4. The third-order valence-electron chi connectivity index (χ3n) is 2.87. The van der Waals surface area contributed by atoms with E-state index in [9.17, 15) is 4.79 Å². The van der Waals surface area contributed by atoms with Gasteiger partial charge in [-0.2, -0.15) is 0 Å². The van der Waals surface area contributed by atoms with Crippen LogP contribution in [-0.4, -0.2) is 11.1 Å². The van der Waals surface area contributed by atoms with Crippen molar-refractivity contribution in [1.29, 1.82) is 0 Å². The van der Waals surface area contributed by atoms with E-state index in [0.29, 0.717) is 0 Å². The van der Waals surface area contributed by atoms with Gasteiger partial charge in [0.1, 0.15) is 0 Å². The summed E-state index contributed by atoms with van der Waals surface area (Å²) in [6.45, 7) is 2.00. The lowest BCUT2D eigenvalue weighted by molar-refractivity contribution is -0.131. The summed E-state index contributed by atoms with van der Waals surface area (Å²) in [5.74, 6) is -0.931. The van der Waals surface area contributed by atoms with E-state index in [0.717, 1.165) is 28.3 Å². The minimum atomic E-state index is -0.931. The SMILES string of the molecule is Cc1c(/C=C/C(=O)O)cccc1-c1ccccc1. The van der Waals surface area contributed by atoms with E-state index < -0.39 is 5.97 Å². The molecule has 0 aliphatic carbocycles. The maximum Gasteiger partial charge on any atom is 0.328 e. The molecular weight excluding hydrogens is 224 g/mol. The van der Waals surface area contributed by atoms with Gasteiger partial charge < -0.3 is 5.11 Å². The van der Waals surface area contributed by atoms with Crippen LogP contribution in [0.2, 0.25) is 0 Å². The summed E-state index contributed by atoms with van der Waals surface area (Å²) >= 11 is 0.